The van der Waals surface area contributed by atoms with Crippen LogP contribution in [0.4, 0.5) is 0 Å². The maximum atomic E-state index is 6.52. The molecule has 0 unspecified atom stereocenters. The quantitative estimate of drug-likeness (QED) is 0.173. The van der Waals surface area contributed by atoms with Crippen LogP contribution in [0.2, 0.25) is 0 Å². The summed E-state index contributed by atoms with van der Waals surface area (Å²) < 4.78 is 15.0. The Morgan fingerprint density at radius 1 is 0.368 bits per heavy atom. The van der Waals surface area contributed by atoms with Crippen molar-refractivity contribution in [3.05, 3.63) is 164 Å². The average Bonchev–Trinajstić information content (AvgIpc) is 3.97. The summed E-state index contributed by atoms with van der Waals surface area (Å²) >= 11 is 1.74. The zero-order chi connectivity index (χ0) is 37.5. The second kappa shape index (κ2) is 12.5. The number of hydrogen-bond acceptors (Lipinski definition) is 8. The van der Waals surface area contributed by atoms with E-state index in [1.54, 1.807) is 11.3 Å². The summed E-state index contributed by atoms with van der Waals surface area (Å²) in [4.78, 5) is 25.4. The van der Waals surface area contributed by atoms with Gasteiger partial charge in [0.1, 0.15) is 28.0 Å². The number of hydrogen-bond donors (Lipinski definition) is 0. The standard InChI is InChI=1S/C49H27N5O2S/c1-3-12-28(13-4-1)46-52-47(29-14-5-2-6-15-29)54-49(53-46)36-18-11-21-40-42(36)35-25-22-30(27-41(35)57-40)43-45-44(34-17-8-10-20-38(34)56-45)51-48(50-43)31-23-24-33-32-16-7-9-19-37(32)55-39(33)26-31/h1-27H. The molecule has 0 radical (unpaired) electrons. The molecule has 0 aliphatic heterocycles. The Hall–Kier alpha value is -7.55. The van der Waals surface area contributed by atoms with Gasteiger partial charge in [0.15, 0.2) is 28.9 Å². The van der Waals surface area contributed by atoms with Crippen molar-refractivity contribution >= 4 is 75.5 Å². The topological polar surface area (TPSA) is 90.7 Å². The number of furan rings is 2. The molecule has 57 heavy (non-hydrogen) atoms. The summed E-state index contributed by atoms with van der Waals surface area (Å²) in [6, 6.07) is 55.3. The van der Waals surface area contributed by atoms with E-state index in [0.717, 1.165) is 92.1 Å². The van der Waals surface area contributed by atoms with Crippen LogP contribution < -0.4 is 0 Å². The Labute approximate surface area is 328 Å². The van der Waals surface area contributed by atoms with Crippen LogP contribution in [0.25, 0.3) is 121 Å². The molecule has 0 bridgehead atoms. The van der Waals surface area contributed by atoms with Gasteiger partial charge in [-0.2, -0.15) is 0 Å². The zero-order valence-corrected chi connectivity index (χ0v) is 30.9. The van der Waals surface area contributed by atoms with E-state index in [1.165, 1.54) is 0 Å². The highest BCUT2D eigenvalue weighted by atomic mass is 32.1. The summed E-state index contributed by atoms with van der Waals surface area (Å²) in [6.07, 6.45) is 0. The van der Waals surface area contributed by atoms with Crippen molar-refractivity contribution in [1.82, 2.24) is 24.9 Å². The van der Waals surface area contributed by atoms with Crippen LogP contribution in [-0.2, 0) is 0 Å². The van der Waals surface area contributed by atoms with Crippen LogP contribution in [0.5, 0.6) is 0 Å². The van der Waals surface area contributed by atoms with Gasteiger partial charge in [0, 0.05) is 64.1 Å². The van der Waals surface area contributed by atoms with Crippen LogP contribution in [0.1, 0.15) is 0 Å². The first-order chi connectivity index (χ1) is 28.2. The van der Waals surface area contributed by atoms with Crippen molar-refractivity contribution in [3.8, 4) is 56.8 Å². The summed E-state index contributed by atoms with van der Waals surface area (Å²) in [6.45, 7) is 0. The number of para-hydroxylation sites is 2. The van der Waals surface area contributed by atoms with Crippen LogP contribution in [-0.4, -0.2) is 24.9 Å². The van der Waals surface area contributed by atoms with Crippen LogP contribution in [0.3, 0.4) is 0 Å². The smallest absolute Gasteiger partial charge is 0.180 e. The molecule has 0 saturated heterocycles. The minimum absolute atomic E-state index is 0.600. The first-order valence-electron chi connectivity index (χ1n) is 18.7. The highest BCUT2D eigenvalue weighted by Crippen LogP contribution is 2.43. The minimum Gasteiger partial charge on any atom is -0.456 e. The number of rotatable bonds is 5. The third-order valence-corrected chi connectivity index (χ3v) is 11.7. The molecule has 7 aromatic carbocycles. The number of aromatic nitrogens is 5. The molecule has 0 saturated carbocycles. The lowest BCUT2D eigenvalue weighted by Crippen LogP contribution is -2.00. The average molecular weight is 750 g/mol. The number of nitrogens with zero attached hydrogens (tertiary/aromatic N) is 5. The van der Waals surface area contributed by atoms with Gasteiger partial charge in [-0.1, -0.05) is 121 Å². The van der Waals surface area contributed by atoms with E-state index < -0.39 is 0 Å². The highest BCUT2D eigenvalue weighted by Gasteiger charge is 2.21. The molecule has 0 aliphatic carbocycles. The minimum atomic E-state index is 0.600. The number of benzene rings is 7. The van der Waals surface area contributed by atoms with Crippen molar-refractivity contribution in [3.63, 3.8) is 0 Å². The van der Waals surface area contributed by atoms with Crippen molar-refractivity contribution in [2.45, 2.75) is 0 Å². The van der Waals surface area contributed by atoms with Gasteiger partial charge in [0.05, 0.1) is 0 Å². The number of thiophene rings is 1. The van der Waals surface area contributed by atoms with E-state index >= 15 is 0 Å². The molecule has 8 heteroatoms. The Bertz CT molecular complexity index is 3480. The third-order valence-electron chi connectivity index (χ3n) is 10.6. The Morgan fingerprint density at radius 2 is 0.982 bits per heavy atom. The van der Waals surface area contributed by atoms with E-state index in [0.29, 0.717) is 28.9 Å². The maximum absolute atomic E-state index is 6.52. The van der Waals surface area contributed by atoms with Crippen LogP contribution in [0.15, 0.2) is 173 Å². The first kappa shape index (κ1) is 31.8. The van der Waals surface area contributed by atoms with E-state index in [1.807, 2.05) is 103 Å². The lowest BCUT2D eigenvalue weighted by molar-refractivity contribution is 0.667. The van der Waals surface area contributed by atoms with Crippen molar-refractivity contribution < 1.29 is 8.83 Å². The SMILES string of the molecule is c1ccc(-c2nc(-c3ccccc3)nc(-c3cccc4sc5cc(-c6nc(-c7ccc8c(c7)oc7ccccc78)nc7c6oc6ccccc67)ccc5c34)n2)cc1. The molecule has 266 valence electrons. The molecular weight excluding hydrogens is 723 g/mol. The van der Waals surface area contributed by atoms with Crippen molar-refractivity contribution in [2.24, 2.45) is 0 Å². The normalized spacial score (nSPS) is 11.9. The second-order valence-corrected chi connectivity index (χ2v) is 15.1. The predicted octanol–water partition coefficient (Wildman–Crippen LogP) is 13.2. The molecule has 5 heterocycles. The van der Waals surface area contributed by atoms with E-state index in [9.17, 15) is 0 Å². The largest absolute Gasteiger partial charge is 0.456 e. The van der Waals surface area contributed by atoms with Gasteiger partial charge in [0.2, 0.25) is 0 Å². The summed E-state index contributed by atoms with van der Waals surface area (Å²) in [7, 11) is 0. The fourth-order valence-corrected chi connectivity index (χ4v) is 9.04. The molecule has 0 fully saturated rings. The Morgan fingerprint density at radius 3 is 1.75 bits per heavy atom. The molecule has 0 atom stereocenters. The molecular formula is C49H27N5O2S. The molecule has 0 aliphatic rings. The predicted molar refractivity (Wildman–Crippen MR) is 230 cm³/mol. The van der Waals surface area contributed by atoms with Gasteiger partial charge in [-0.3, -0.25) is 0 Å². The summed E-state index contributed by atoms with van der Waals surface area (Å²) in [5.41, 5.74) is 9.19. The number of fused-ring (bicyclic) bond motifs is 9. The van der Waals surface area contributed by atoms with Crippen LogP contribution >= 0.6 is 11.3 Å². The molecule has 12 rings (SSSR count). The van der Waals surface area contributed by atoms with Gasteiger partial charge in [-0.15, -0.1) is 11.3 Å². The molecule has 12 aromatic rings. The Balaban J connectivity index is 1.04. The molecule has 0 spiro atoms. The second-order valence-electron chi connectivity index (χ2n) is 14.0. The molecule has 7 nitrogen and oxygen atoms in total. The Kier molecular flexibility index (Phi) is 6.96. The van der Waals surface area contributed by atoms with E-state index in [-0.39, 0.29) is 0 Å². The van der Waals surface area contributed by atoms with Gasteiger partial charge >= 0.3 is 0 Å². The maximum Gasteiger partial charge on any atom is 0.180 e. The fraction of sp³-hybridized carbons (Fsp3) is 0. The lowest BCUT2D eigenvalue weighted by atomic mass is 10.0. The van der Waals surface area contributed by atoms with Gasteiger partial charge in [-0.25, -0.2) is 24.9 Å². The fourth-order valence-electron chi connectivity index (χ4n) is 7.87. The molecule has 0 N–H and O–H groups in total. The van der Waals surface area contributed by atoms with Gasteiger partial charge < -0.3 is 8.83 Å². The summed E-state index contributed by atoms with van der Waals surface area (Å²) in [5, 5.41) is 5.30. The van der Waals surface area contributed by atoms with Gasteiger partial charge in [0.25, 0.3) is 0 Å². The highest BCUT2D eigenvalue weighted by molar-refractivity contribution is 7.26. The van der Waals surface area contributed by atoms with E-state index in [2.05, 4.69) is 60.7 Å². The molecule has 0 amide bonds. The van der Waals surface area contributed by atoms with Crippen molar-refractivity contribution in [2.75, 3.05) is 0 Å². The monoisotopic (exact) mass is 749 g/mol. The zero-order valence-electron chi connectivity index (χ0n) is 30.0. The van der Waals surface area contributed by atoms with E-state index in [4.69, 9.17) is 33.8 Å². The van der Waals surface area contributed by atoms with Crippen molar-refractivity contribution in [1.29, 1.82) is 0 Å². The lowest BCUT2D eigenvalue weighted by Gasteiger charge is -2.09. The first-order valence-corrected chi connectivity index (χ1v) is 19.5. The summed E-state index contributed by atoms with van der Waals surface area (Å²) in [5.74, 6) is 2.49. The van der Waals surface area contributed by atoms with Crippen LogP contribution in [0, 0.1) is 0 Å². The molecule has 5 aromatic heterocycles. The van der Waals surface area contributed by atoms with Gasteiger partial charge in [-0.05, 0) is 42.5 Å². The third kappa shape index (κ3) is 5.15.